The lowest BCUT2D eigenvalue weighted by Crippen LogP contribution is -2.39. The molecule has 11 aromatic rings. The molecule has 6 aromatic carbocycles. The topological polar surface area (TPSA) is 196 Å². The lowest BCUT2D eigenvalue weighted by Gasteiger charge is -2.32. The van der Waals surface area contributed by atoms with E-state index in [0.717, 1.165) is 190 Å². The van der Waals surface area contributed by atoms with E-state index >= 15 is 8.78 Å². The van der Waals surface area contributed by atoms with Crippen molar-refractivity contribution in [3.05, 3.63) is 236 Å². The van der Waals surface area contributed by atoms with Gasteiger partial charge in [0.15, 0.2) is 40.3 Å². The molecule has 5 aliphatic rings. The van der Waals surface area contributed by atoms with Gasteiger partial charge in [0.25, 0.3) is 0 Å². The predicted octanol–water partition coefficient (Wildman–Crippen LogP) is 22.0. The largest absolute Gasteiger partial charge is 0.477 e. The third-order valence-electron chi connectivity index (χ3n) is 24.6. The second-order valence-electron chi connectivity index (χ2n) is 32.1. The minimum absolute atomic E-state index is 0.0672. The molecule has 4 fully saturated rings. The number of halogens is 3. The summed E-state index contributed by atoms with van der Waals surface area (Å²) < 4.78 is 78.5. The van der Waals surface area contributed by atoms with Gasteiger partial charge >= 0.3 is 0 Å². The van der Waals surface area contributed by atoms with E-state index in [1.807, 2.05) is 94.4 Å². The van der Waals surface area contributed by atoms with Crippen LogP contribution in [0.5, 0.6) is 5.88 Å². The molecular formula is C99H112F3N5O10. The number of benzene rings is 6. The van der Waals surface area contributed by atoms with Crippen molar-refractivity contribution in [2.45, 2.75) is 232 Å². The zero-order chi connectivity index (χ0) is 84.0. The Morgan fingerprint density at radius 2 is 0.769 bits per heavy atom. The van der Waals surface area contributed by atoms with Crippen LogP contribution in [0.1, 0.15) is 240 Å². The van der Waals surface area contributed by atoms with Gasteiger partial charge in [-0.1, -0.05) is 58.0 Å². The number of nitrogens with zero attached hydrogens (tertiary/aromatic N) is 5. The molecule has 0 unspecified atom stereocenters. The minimum Gasteiger partial charge on any atom is -0.477 e. The molecule has 0 N–H and O–H groups in total. The first-order valence-corrected chi connectivity index (χ1v) is 42.0. The first-order chi connectivity index (χ1) is 56.8. The Hall–Kier alpha value is -9.85. The van der Waals surface area contributed by atoms with Crippen molar-refractivity contribution in [1.29, 1.82) is 0 Å². The number of rotatable bonds is 19. The Kier molecular flexibility index (Phi) is 28.8. The minimum atomic E-state index is -1.77. The molecule has 0 bridgehead atoms. The molecule has 4 saturated carbocycles. The third kappa shape index (κ3) is 21.0. The maximum atomic E-state index is 15.2. The second kappa shape index (κ2) is 39.6. The number of alkyl halides is 2. The molecule has 5 aromatic heterocycles. The average Bonchev–Trinajstić information content (AvgIpc) is 0.793. The molecule has 0 amide bonds. The van der Waals surface area contributed by atoms with Crippen molar-refractivity contribution in [2.75, 3.05) is 35.0 Å². The van der Waals surface area contributed by atoms with Crippen LogP contribution in [0.2, 0.25) is 0 Å². The van der Waals surface area contributed by atoms with Crippen molar-refractivity contribution in [1.82, 2.24) is 24.9 Å². The van der Waals surface area contributed by atoms with Crippen molar-refractivity contribution in [3.63, 3.8) is 0 Å². The van der Waals surface area contributed by atoms with Crippen molar-refractivity contribution in [3.8, 4) is 5.88 Å². The van der Waals surface area contributed by atoms with Crippen LogP contribution in [0.4, 0.5) is 13.2 Å². The number of ether oxygens (including phenoxy) is 5. The zero-order valence-corrected chi connectivity index (χ0v) is 69.7. The first kappa shape index (κ1) is 85.0. The number of Topliss-reactive ketones (excluding diaryl/α,β-unsaturated/α-hetero) is 5. The van der Waals surface area contributed by atoms with E-state index in [4.69, 9.17) is 25.1 Å². The number of carbonyl (C=O) groups is 5. The van der Waals surface area contributed by atoms with Gasteiger partial charge < -0.3 is 23.7 Å². The highest BCUT2D eigenvalue weighted by atomic mass is 19.1. The van der Waals surface area contributed by atoms with Crippen molar-refractivity contribution >= 4 is 83.4 Å². The molecule has 0 radical (unpaired) electrons. The number of pyridine rings is 5. The molecule has 0 spiro atoms. The summed E-state index contributed by atoms with van der Waals surface area (Å²) in [6.07, 6.45) is 17.1. The Balaban J connectivity index is 0.000000136. The average molecular weight is 1590 g/mol. The van der Waals surface area contributed by atoms with E-state index in [0.29, 0.717) is 84.0 Å². The fraction of sp³-hybridized carbons (Fsp3) is 0.434. The van der Waals surface area contributed by atoms with Crippen LogP contribution >= 0.6 is 0 Å². The lowest BCUT2D eigenvalue weighted by atomic mass is 9.79. The number of aryl methyl sites for hydroxylation is 8. The molecule has 0 atom stereocenters. The molecule has 15 nitrogen and oxygen atoms in total. The number of ketones is 5. The predicted molar refractivity (Wildman–Crippen MR) is 458 cm³/mol. The summed E-state index contributed by atoms with van der Waals surface area (Å²) in [5, 5.41) is 4.69. The summed E-state index contributed by atoms with van der Waals surface area (Å²) >= 11 is 0. The van der Waals surface area contributed by atoms with E-state index in [9.17, 15) is 28.4 Å². The van der Waals surface area contributed by atoms with E-state index in [-0.39, 0.29) is 73.2 Å². The van der Waals surface area contributed by atoms with Crippen LogP contribution < -0.4 is 4.74 Å². The Labute approximate surface area is 687 Å². The van der Waals surface area contributed by atoms with Gasteiger partial charge in [-0.3, -0.25) is 38.9 Å². The molecule has 614 valence electrons. The third-order valence-corrected chi connectivity index (χ3v) is 24.6. The van der Waals surface area contributed by atoms with Crippen LogP contribution in [0.3, 0.4) is 0 Å². The summed E-state index contributed by atoms with van der Waals surface area (Å²) in [5.41, 5.74) is 12.9. The second-order valence-corrected chi connectivity index (χ2v) is 32.1. The molecule has 1 aliphatic heterocycles. The highest BCUT2D eigenvalue weighted by molar-refractivity contribution is 6.07. The lowest BCUT2D eigenvalue weighted by molar-refractivity contribution is 0.0116. The summed E-state index contributed by atoms with van der Waals surface area (Å²) in [4.78, 5) is 85.9. The fourth-order valence-electron chi connectivity index (χ4n) is 17.1. The Morgan fingerprint density at radius 3 is 1.17 bits per heavy atom. The molecule has 4 aliphatic carbocycles. The van der Waals surface area contributed by atoms with Gasteiger partial charge in [0.1, 0.15) is 0 Å². The monoisotopic (exact) mass is 1590 g/mol. The van der Waals surface area contributed by atoms with Crippen LogP contribution in [0, 0.1) is 38.6 Å². The standard InChI is InChI=1S/2C20H24FNO2.C20H17NO2.C20H25NO2.C19H22FNO2/c2*1-4-14-11-16-12-15(5-6-18(16)22-13(14)2)19(23)20(21)9-7-17(24-3)8-10-20;22-19(11-14-5-2-1-3-6-14)15-8-9-18-17(12-15)13-16-7-4-10-23-20(16)21-18;1-4-14-11-17-12-16(7-10-19(17)21-13(14)2)20(22)15-5-8-18(23-3)9-6-15;1-3-12-10-15-11-14(6-9-17(15)21-19(12)20)18(22)13-4-7-16(23-2)8-5-13/h2*5-6,11-12,17H,4,7-10H2,1-3H3;1-3,5-6,8-9,12-13H,4,7,10-11H2;7,10-12,15,18H,4-6,8-9H2,1-3H3;6,9-11,13,16H,3-5,7-8H2,1-2H3/i21-1;2-1;1T;2-1;20-1. The van der Waals surface area contributed by atoms with Crippen LogP contribution in [-0.2, 0) is 57.5 Å². The normalized spacial score (nSPS) is 21.2. The van der Waals surface area contributed by atoms with Crippen molar-refractivity contribution in [2.24, 2.45) is 11.8 Å². The summed E-state index contributed by atoms with van der Waals surface area (Å²) in [5.74, 6) is 0.240. The van der Waals surface area contributed by atoms with E-state index < -0.39 is 28.9 Å². The summed E-state index contributed by atoms with van der Waals surface area (Å²) in [6, 6.07) is 45.2. The molecule has 117 heavy (non-hydrogen) atoms. The smallest absolute Gasteiger partial charge is 0.217 e. The number of aromatic nitrogens is 5. The first-order valence-electron chi connectivity index (χ1n) is 42.5. The van der Waals surface area contributed by atoms with Gasteiger partial charge in [-0.2, -0.15) is 4.39 Å². The number of fused-ring (bicyclic) bond motifs is 6. The van der Waals surface area contributed by atoms with E-state index in [1.54, 1.807) is 83.0 Å². The number of carbonyl (C=O) groups excluding carboxylic acids is 5. The molecular weight excluding hydrogens is 1470 g/mol. The van der Waals surface area contributed by atoms with Gasteiger partial charge in [0, 0.05) is 130 Å². The number of hydrogen-bond donors (Lipinski definition) is 0. The number of hydrogen-bond acceptors (Lipinski definition) is 15. The molecule has 0 saturated heterocycles. The molecule has 18 heteroatoms. The summed E-state index contributed by atoms with van der Waals surface area (Å²) in [6.45, 7) is 14.9. The highest BCUT2D eigenvalue weighted by Gasteiger charge is 2.44. The van der Waals surface area contributed by atoms with Gasteiger partial charge in [-0.25, -0.2) is 18.7 Å². The van der Waals surface area contributed by atoms with Gasteiger partial charge in [-0.05, 0) is 306 Å². The van der Waals surface area contributed by atoms with E-state index in [1.165, 1.54) is 5.56 Å². The maximum absolute atomic E-state index is 15.2. The SMILES string of the molecule is CCc1cc2cc(C(=O)C3(F)CCC(OC)CC3)ccc2nc1[11CH3].CCc1cc2cc(C(=O)C3([18F])CCC(OC)CC3)ccc2nc1C.CCc1cc2cc(C(=O)C3CCC(OC)CC3)ccc2nc1[11CH3].CCc1cc2cc(C(=O)C3CCC(OC)CC3)ccc2nc1[18F].[3H]c1ccc(CC(=O)c2ccc3nc4c(cc3c2)CCCO4)cc1. The van der Waals surface area contributed by atoms with E-state index in [2.05, 4.69) is 70.0 Å². The Morgan fingerprint density at radius 1 is 0.427 bits per heavy atom. The van der Waals surface area contributed by atoms with Crippen molar-refractivity contribution < 1.29 is 62.2 Å². The maximum Gasteiger partial charge on any atom is 0.217 e. The fourth-order valence-corrected chi connectivity index (χ4v) is 17.1. The van der Waals surface area contributed by atoms with Crippen LogP contribution in [-0.4, -0.2) is 125 Å². The van der Waals surface area contributed by atoms with Gasteiger partial charge in [0.2, 0.25) is 11.8 Å². The van der Waals surface area contributed by atoms with Crippen LogP contribution in [0.25, 0.3) is 54.5 Å². The number of methoxy groups -OCH3 is 4. The zero-order valence-electron chi connectivity index (χ0n) is 70.7. The summed E-state index contributed by atoms with van der Waals surface area (Å²) in [7, 11) is 6.77. The Bertz CT molecular complexity index is 5180. The van der Waals surface area contributed by atoms with Gasteiger partial charge in [0.05, 0.1) is 60.0 Å². The quantitative estimate of drug-likeness (QED) is 0.0547. The molecule has 16 rings (SSSR count). The van der Waals surface area contributed by atoms with Gasteiger partial charge in [-0.15, -0.1) is 0 Å². The molecule has 6 heterocycles. The highest BCUT2D eigenvalue weighted by Crippen LogP contribution is 2.40. The van der Waals surface area contributed by atoms with Crippen LogP contribution in [0.15, 0.2) is 152 Å².